The van der Waals surface area contributed by atoms with Gasteiger partial charge in [0.1, 0.15) is 0 Å². The van der Waals surface area contributed by atoms with Gasteiger partial charge in [0, 0.05) is 37.5 Å². The van der Waals surface area contributed by atoms with Gasteiger partial charge in [-0.1, -0.05) is 6.07 Å². The second-order valence-corrected chi connectivity index (χ2v) is 6.01. The van der Waals surface area contributed by atoms with Crippen molar-refractivity contribution >= 4 is 11.8 Å². The Morgan fingerprint density at radius 3 is 2.84 bits per heavy atom. The zero-order chi connectivity index (χ0) is 16.9. The molecule has 25 heavy (non-hydrogen) atoms. The third-order valence-corrected chi connectivity index (χ3v) is 4.29. The Morgan fingerprint density at radius 1 is 1.04 bits per heavy atom. The van der Waals surface area contributed by atoms with Crippen LogP contribution in [0.3, 0.4) is 0 Å². The van der Waals surface area contributed by atoms with Crippen LogP contribution in [-0.4, -0.2) is 36.4 Å². The van der Waals surface area contributed by atoms with E-state index in [0.29, 0.717) is 17.8 Å². The van der Waals surface area contributed by atoms with Crippen LogP contribution < -0.4 is 5.32 Å². The Morgan fingerprint density at radius 2 is 2.00 bits per heavy atom. The molecule has 0 bridgehead atoms. The van der Waals surface area contributed by atoms with Crippen molar-refractivity contribution in [2.45, 2.75) is 25.4 Å². The fourth-order valence-corrected chi connectivity index (χ4v) is 3.17. The highest BCUT2D eigenvalue weighted by Gasteiger charge is 2.27. The maximum absolute atomic E-state index is 4.69. The van der Waals surface area contributed by atoms with E-state index in [2.05, 4.69) is 36.2 Å². The molecule has 0 radical (unpaired) electrons. The Kier molecular flexibility index (Phi) is 4.56. The number of hydrogen-bond donors (Lipinski definition) is 1. The van der Waals surface area contributed by atoms with Gasteiger partial charge in [0.25, 0.3) is 0 Å². The summed E-state index contributed by atoms with van der Waals surface area (Å²) < 4.78 is 0. The molecule has 3 aromatic heterocycles. The lowest BCUT2D eigenvalue weighted by Gasteiger charge is -2.24. The van der Waals surface area contributed by atoms with Gasteiger partial charge >= 0.3 is 0 Å². The molecule has 0 aliphatic carbocycles. The van der Waals surface area contributed by atoms with E-state index in [4.69, 9.17) is 4.98 Å². The molecule has 4 heterocycles. The third-order valence-electron chi connectivity index (χ3n) is 4.29. The number of likely N-dealkylation sites (tertiary alicyclic amines) is 1. The van der Waals surface area contributed by atoms with Crippen molar-refractivity contribution < 1.29 is 0 Å². The first kappa shape index (κ1) is 15.6. The minimum atomic E-state index is 0.297. The Hall–Kier alpha value is -2.93. The molecular formula is C18H19N7. The molecule has 1 saturated heterocycles. The zero-order valence-electron chi connectivity index (χ0n) is 13.8. The number of nitrogens with one attached hydrogen (secondary N) is 1. The standard InChI is InChI=1S/C18H19N7/c1-3-14(11-19-6-1)13-25-10-2-4-16(25)15-5-7-22-18(23-15)24-17-12-20-8-9-21-17/h1,3,5-9,11-12,16H,2,4,10,13H2,(H,21,22,23,24)/t16-/m0/s1. The Labute approximate surface area is 146 Å². The van der Waals surface area contributed by atoms with Crippen LogP contribution in [0.2, 0.25) is 0 Å². The van der Waals surface area contributed by atoms with Crippen molar-refractivity contribution in [2.24, 2.45) is 0 Å². The summed E-state index contributed by atoms with van der Waals surface area (Å²) in [5.74, 6) is 1.18. The van der Waals surface area contributed by atoms with Gasteiger partial charge in [-0.05, 0) is 37.1 Å². The number of rotatable bonds is 5. The van der Waals surface area contributed by atoms with Crippen LogP contribution >= 0.6 is 0 Å². The van der Waals surface area contributed by atoms with Crippen molar-refractivity contribution in [3.63, 3.8) is 0 Å². The number of hydrogen-bond acceptors (Lipinski definition) is 7. The lowest BCUT2D eigenvalue weighted by atomic mass is 10.1. The fraction of sp³-hybridized carbons (Fsp3) is 0.278. The molecule has 1 aliphatic rings. The molecule has 1 atom stereocenters. The minimum absolute atomic E-state index is 0.297. The molecule has 4 rings (SSSR count). The third kappa shape index (κ3) is 3.77. The lowest BCUT2D eigenvalue weighted by molar-refractivity contribution is 0.244. The van der Waals surface area contributed by atoms with Gasteiger partial charge in [-0.25, -0.2) is 15.0 Å². The molecule has 1 N–H and O–H groups in total. The average molecular weight is 333 g/mol. The monoisotopic (exact) mass is 333 g/mol. The maximum Gasteiger partial charge on any atom is 0.228 e. The molecule has 0 unspecified atom stereocenters. The quantitative estimate of drug-likeness (QED) is 0.769. The van der Waals surface area contributed by atoms with Crippen molar-refractivity contribution in [2.75, 3.05) is 11.9 Å². The zero-order valence-corrected chi connectivity index (χ0v) is 13.8. The van der Waals surface area contributed by atoms with Gasteiger partial charge in [-0.3, -0.25) is 14.9 Å². The van der Waals surface area contributed by atoms with Crippen molar-refractivity contribution in [3.05, 3.63) is 66.6 Å². The lowest BCUT2D eigenvalue weighted by Crippen LogP contribution is -2.23. The van der Waals surface area contributed by atoms with Crippen LogP contribution in [0.25, 0.3) is 0 Å². The van der Waals surface area contributed by atoms with Crippen LogP contribution in [0, 0.1) is 0 Å². The smallest absolute Gasteiger partial charge is 0.228 e. The topological polar surface area (TPSA) is 79.7 Å². The van der Waals surface area contributed by atoms with E-state index in [0.717, 1.165) is 25.2 Å². The van der Waals surface area contributed by atoms with Gasteiger partial charge in [0.15, 0.2) is 5.82 Å². The van der Waals surface area contributed by atoms with Crippen LogP contribution in [-0.2, 0) is 6.54 Å². The van der Waals surface area contributed by atoms with E-state index >= 15 is 0 Å². The Bertz CT molecular complexity index is 810. The second-order valence-electron chi connectivity index (χ2n) is 6.01. The number of aromatic nitrogens is 5. The van der Waals surface area contributed by atoms with E-state index < -0.39 is 0 Å². The predicted octanol–water partition coefficient (Wildman–Crippen LogP) is 2.74. The highest BCUT2D eigenvalue weighted by atomic mass is 15.2. The predicted molar refractivity (Wildman–Crippen MR) is 94.0 cm³/mol. The molecule has 0 amide bonds. The number of anilines is 2. The summed E-state index contributed by atoms with van der Waals surface area (Å²) in [6.45, 7) is 1.95. The van der Waals surface area contributed by atoms with Crippen LogP contribution in [0.15, 0.2) is 55.4 Å². The first-order chi connectivity index (χ1) is 12.4. The van der Waals surface area contributed by atoms with Crippen molar-refractivity contribution in [1.29, 1.82) is 0 Å². The highest BCUT2D eigenvalue weighted by molar-refractivity contribution is 5.45. The fourth-order valence-electron chi connectivity index (χ4n) is 3.17. The van der Waals surface area contributed by atoms with E-state index in [1.807, 2.05) is 18.3 Å². The molecule has 126 valence electrons. The van der Waals surface area contributed by atoms with Crippen LogP contribution in [0.4, 0.5) is 11.8 Å². The van der Waals surface area contributed by atoms with Gasteiger partial charge in [-0.2, -0.15) is 0 Å². The summed E-state index contributed by atoms with van der Waals surface area (Å²) >= 11 is 0. The highest BCUT2D eigenvalue weighted by Crippen LogP contribution is 2.32. The largest absolute Gasteiger partial charge is 0.307 e. The first-order valence-corrected chi connectivity index (χ1v) is 8.37. The molecule has 7 nitrogen and oxygen atoms in total. The van der Waals surface area contributed by atoms with Crippen molar-refractivity contribution in [1.82, 2.24) is 29.8 Å². The molecule has 1 aliphatic heterocycles. The second kappa shape index (κ2) is 7.31. The first-order valence-electron chi connectivity index (χ1n) is 8.37. The van der Waals surface area contributed by atoms with Crippen LogP contribution in [0.5, 0.6) is 0 Å². The van der Waals surface area contributed by atoms with E-state index in [1.165, 1.54) is 12.0 Å². The van der Waals surface area contributed by atoms with Crippen LogP contribution in [0.1, 0.15) is 30.1 Å². The molecule has 7 heteroatoms. The summed E-state index contributed by atoms with van der Waals surface area (Å²) in [5, 5.41) is 3.11. The minimum Gasteiger partial charge on any atom is -0.307 e. The Balaban J connectivity index is 1.51. The van der Waals surface area contributed by atoms with Gasteiger partial charge in [0.05, 0.1) is 17.9 Å². The molecule has 3 aromatic rings. The number of pyridine rings is 1. The number of nitrogens with zero attached hydrogens (tertiary/aromatic N) is 6. The summed E-state index contributed by atoms with van der Waals surface area (Å²) in [7, 11) is 0. The molecular weight excluding hydrogens is 314 g/mol. The van der Waals surface area contributed by atoms with Crippen molar-refractivity contribution in [3.8, 4) is 0 Å². The normalized spacial score (nSPS) is 17.5. The maximum atomic E-state index is 4.69. The van der Waals surface area contributed by atoms with E-state index in [-0.39, 0.29) is 0 Å². The summed E-state index contributed by atoms with van der Waals surface area (Å²) in [4.78, 5) is 23.9. The summed E-state index contributed by atoms with van der Waals surface area (Å²) in [6.07, 6.45) is 12.7. The van der Waals surface area contributed by atoms with Gasteiger partial charge in [-0.15, -0.1) is 0 Å². The molecule has 1 fully saturated rings. The molecule has 0 aromatic carbocycles. The SMILES string of the molecule is c1cncc(CN2CCC[C@H]2c2ccnc(Nc3cnccn3)n2)c1. The van der Waals surface area contributed by atoms with Gasteiger partial charge < -0.3 is 5.32 Å². The summed E-state index contributed by atoms with van der Waals surface area (Å²) in [5.41, 5.74) is 2.25. The van der Waals surface area contributed by atoms with E-state index in [1.54, 1.807) is 31.0 Å². The van der Waals surface area contributed by atoms with Gasteiger partial charge in [0.2, 0.25) is 5.95 Å². The molecule has 0 spiro atoms. The summed E-state index contributed by atoms with van der Waals surface area (Å²) in [6, 6.07) is 6.39. The molecule has 0 saturated carbocycles. The average Bonchev–Trinajstić information content (AvgIpc) is 3.12. The van der Waals surface area contributed by atoms with E-state index in [9.17, 15) is 0 Å².